The number of rotatable bonds is 5. The monoisotopic (exact) mass is 392 g/mol. The third-order valence-corrected chi connectivity index (χ3v) is 4.46. The van der Waals surface area contributed by atoms with Crippen molar-refractivity contribution in [3.8, 4) is 11.4 Å². The van der Waals surface area contributed by atoms with Gasteiger partial charge in [-0.3, -0.25) is 0 Å². The molecular weight excluding hydrogens is 373 g/mol. The number of aromatic nitrogens is 4. The van der Waals surface area contributed by atoms with Crippen LogP contribution >= 0.6 is 0 Å². The van der Waals surface area contributed by atoms with E-state index in [0.717, 1.165) is 42.8 Å². The average Bonchev–Trinajstić information content (AvgIpc) is 3.10. The highest BCUT2D eigenvalue weighted by atomic mass is 19.4. The number of hydrogen-bond acceptors (Lipinski definition) is 6. The molecule has 4 rings (SSSR count). The number of pyridine rings is 1. The highest BCUT2D eigenvalue weighted by Gasteiger charge is 2.27. The van der Waals surface area contributed by atoms with Crippen LogP contribution < -0.4 is 10.6 Å². The maximum Gasteiger partial charge on any atom is 0.405 e. The van der Waals surface area contributed by atoms with Gasteiger partial charge in [-0.2, -0.15) is 13.2 Å². The van der Waals surface area contributed by atoms with Gasteiger partial charge in [-0.05, 0) is 25.0 Å². The number of fused-ring (bicyclic) bond motifs is 1. The van der Waals surface area contributed by atoms with Crippen molar-refractivity contribution < 1.29 is 17.9 Å². The number of H-pyrrole nitrogens is 1. The largest absolute Gasteiger partial charge is 0.405 e. The normalized spacial score (nSPS) is 15.7. The second-order valence-corrected chi connectivity index (χ2v) is 6.61. The minimum atomic E-state index is -4.33. The van der Waals surface area contributed by atoms with Crippen LogP contribution in [0.4, 0.5) is 24.9 Å². The summed E-state index contributed by atoms with van der Waals surface area (Å²) in [6.45, 7) is 0.296. The summed E-state index contributed by atoms with van der Waals surface area (Å²) in [4.78, 5) is 15.7. The van der Waals surface area contributed by atoms with E-state index in [2.05, 4.69) is 30.6 Å². The zero-order valence-electron chi connectivity index (χ0n) is 14.9. The van der Waals surface area contributed by atoms with Gasteiger partial charge in [0.1, 0.15) is 12.4 Å². The number of alkyl halides is 3. The number of halogens is 3. The average molecular weight is 392 g/mol. The van der Waals surface area contributed by atoms with Gasteiger partial charge in [0.15, 0.2) is 0 Å². The Balaban J connectivity index is 1.52. The Morgan fingerprint density at radius 2 is 2.00 bits per heavy atom. The maximum atomic E-state index is 12.4. The Hall–Kier alpha value is -2.88. The molecule has 3 aromatic rings. The molecule has 3 aromatic heterocycles. The van der Waals surface area contributed by atoms with Crippen LogP contribution in [0.1, 0.15) is 12.8 Å². The molecule has 0 bridgehead atoms. The zero-order valence-corrected chi connectivity index (χ0v) is 14.9. The zero-order chi connectivity index (χ0) is 19.6. The summed E-state index contributed by atoms with van der Waals surface area (Å²) < 4.78 is 42.5. The first kappa shape index (κ1) is 18.5. The van der Waals surface area contributed by atoms with Crippen molar-refractivity contribution in [2.45, 2.75) is 25.1 Å². The minimum Gasteiger partial charge on any atom is -0.381 e. The Bertz CT molecular complexity index is 952. The Labute approximate surface area is 158 Å². The summed E-state index contributed by atoms with van der Waals surface area (Å²) in [7, 11) is 0. The van der Waals surface area contributed by atoms with Crippen LogP contribution in [0.2, 0.25) is 0 Å². The van der Waals surface area contributed by atoms with Crippen LogP contribution in [0.15, 0.2) is 30.6 Å². The maximum absolute atomic E-state index is 12.4. The van der Waals surface area contributed by atoms with E-state index in [9.17, 15) is 13.2 Å². The molecule has 0 unspecified atom stereocenters. The molecular formula is C18H19F3N6O. The van der Waals surface area contributed by atoms with Crippen molar-refractivity contribution >= 4 is 22.7 Å². The van der Waals surface area contributed by atoms with Crippen molar-refractivity contribution in [3.63, 3.8) is 0 Å². The summed E-state index contributed by atoms with van der Waals surface area (Å²) in [6.07, 6.45) is 0.707. The van der Waals surface area contributed by atoms with Crippen molar-refractivity contribution in [2.75, 3.05) is 30.4 Å². The molecule has 1 aliphatic rings. The first-order chi connectivity index (χ1) is 13.5. The summed E-state index contributed by atoms with van der Waals surface area (Å²) in [5.41, 5.74) is 2.04. The van der Waals surface area contributed by atoms with Gasteiger partial charge in [-0.15, -0.1) is 0 Å². The fraction of sp³-hybridized carbons (Fsp3) is 0.389. The van der Waals surface area contributed by atoms with E-state index in [1.54, 1.807) is 12.3 Å². The van der Waals surface area contributed by atoms with E-state index in [4.69, 9.17) is 4.74 Å². The molecule has 0 aromatic carbocycles. The molecule has 7 nitrogen and oxygen atoms in total. The number of aromatic amines is 1. The van der Waals surface area contributed by atoms with Crippen molar-refractivity contribution in [1.29, 1.82) is 0 Å². The predicted octanol–water partition coefficient (Wildman–Crippen LogP) is 3.58. The van der Waals surface area contributed by atoms with Gasteiger partial charge in [0.25, 0.3) is 0 Å². The standard InChI is InChI=1S/C18H19F3N6O/c19-18(20,21)10-24-17-22-4-1-13(27-17)15-7-11-9-23-16(8-14(11)26-15)25-12-2-5-28-6-3-12/h1,4,7-9,12,26H,2-3,5-6,10H2,(H,23,25)(H,22,24,27). The van der Waals surface area contributed by atoms with E-state index >= 15 is 0 Å². The quantitative estimate of drug-likeness (QED) is 0.615. The van der Waals surface area contributed by atoms with E-state index in [-0.39, 0.29) is 5.95 Å². The molecule has 0 radical (unpaired) electrons. The van der Waals surface area contributed by atoms with Gasteiger partial charge in [0.05, 0.1) is 16.9 Å². The second kappa shape index (κ2) is 7.63. The molecule has 1 saturated heterocycles. The summed E-state index contributed by atoms with van der Waals surface area (Å²) in [5.74, 6) is 0.691. The fourth-order valence-corrected chi connectivity index (χ4v) is 3.07. The van der Waals surface area contributed by atoms with E-state index in [1.807, 2.05) is 12.1 Å². The number of ether oxygens (including phenoxy) is 1. The summed E-state index contributed by atoms with van der Waals surface area (Å²) in [6, 6.07) is 5.74. The van der Waals surface area contributed by atoms with Gasteiger partial charge in [-0.1, -0.05) is 0 Å². The Kier molecular flexibility index (Phi) is 5.03. The molecule has 0 aliphatic carbocycles. The molecule has 0 amide bonds. The third-order valence-electron chi connectivity index (χ3n) is 4.46. The van der Waals surface area contributed by atoms with E-state index < -0.39 is 12.7 Å². The topological polar surface area (TPSA) is 87.8 Å². The smallest absolute Gasteiger partial charge is 0.381 e. The molecule has 0 saturated carbocycles. The molecule has 3 N–H and O–H groups in total. The lowest BCUT2D eigenvalue weighted by Gasteiger charge is -2.23. The molecule has 10 heteroatoms. The number of nitrogens with zero attached hydrogens (tertiary/aromatic N) is 3. The van der Waals surface area contributed by atoms with Crippen molar-refractivity contribution in [1.82, 2.24) is 19.9 Å². The molecule has 4 heterocycles. The summed E-state index contributed by atoms with van der Waals surface area (Å²) in [5, 5.41) is 6.48. The van der Waals surface area contributed by atoms with Gasteiger partial charge >= 0.3 is 6.18 Å². The van der Waals surface area contributed by atoms with Crippen LogP contribution in [0.3, 0.4) is 0 Å². The van der Waals surface area contributed by atoms with Crippen LogP contribution in [-0.4, -0.2) is 51.9 Å². The molecule has 148 valence electrons. The number of anilines is 2. The lowest BCUT2D eigenvalue weighted by atomic mass is 10.1. The van der Waals surface area contributed by atoms with Crippen LogP contribution in [0.5, 0.6) is 0 Å². The van der Waals surface area contributed by atoms with Gasteiger partial charge in [0.2, 0.25) is 5.95 Å². The summed E-state index contributed by atoms with van der Waals surface area (Å²) >= 11 is 0. The number of nitrogens with one attached hydrogen (secondary N) is 3. The first-order valence-corrected chi connectivity index (χ1v) is 8.93. The van der Waals surface area contributed by atoms with Crippen molar-refractivity contribution in [2.24, 2.45) is 0 Å². The predicted molar refractivity (Wildman–Crippen MR) is 99.1 cm³/mol. The van der Waals surface area contributed by atoms with Gasteiger partial charge in [-0.25, -0.2) is 15.0 Å². The fourth-order valence-electron chi connectivity index (χ4n) is 3.07. The molecule has 1 fully saturated rings. The molecule has 0 atom stereocenters. The van der Waals surface area contributed by atoms with E-state index in [1.165, 1.54) is 6.20 Å². The third kappa shape index (κ3) is 4.50. The molecule has 0 spiro atoms. The highest BCUT2D eigenvalue weighted by Crippen LogP contribution is 2.25. The first-order valence-electron chi connectivity index (χ1n) is 8.93. The molecule has 28 heavy (non-hydrogen) atoms. The Morgan fingerprint density at radius 1 is 1.18 bits per heavy atom. The van der Waals surface area contributed by atoms with Crippen LogP contribution in [-0.2, 0) is 4.74 Å². The lowest BCUT2D eigenvalue weighted by molar-refractivity contribution is -0.115. The van der Waals surface area contributed by atoms with E-state index in [0.29, 0.717) is 17.4 Å². The minimum absolute atomic E-state index is 0.0755. The van der Waals surface area contributed by atoms with Gasteiger partial charge in [0, 0.05) is 43.1 Å². The highest BCUT2D eigenvalue weighted by molar-refractivity contribution is 5.86. The second-order valence-electron chi connectivity index (χ2n) is 6.61. The SMILES string of the molecule is FC(F)(F)CNc1nccc(-c2cc3cnc(NC4CCOCC4)cc3[nH]2)n1. The van der Waals surface area contributed by atoms with Crippen molar-refractivity contribution in [3.05, 3.63) is 30.6 Å². The van der Waals surface area contributed by atoms with Crippen LogP contribution in [0.25, 0.3) is 22.3 Å². The molecule has 1 aliphatic heterocycles. The lowest BCUT2D eigenvalue weighted by Crippen LogP contribution is -2.28. The van der Waals surface area contributed by atoms with Gasteiger partial charge < -0.3 is 20.4 Å². The van der Waals surface area contributed by atoms with Crippen LogP contribution in [0, 0.1) is 0 Å². The number of hydrogen-bond donors (Lipinski definition) is 3. The Morgan fingerprint density at radius 3 is 2.79 bits per heavy atom.